The zero-order valence-corrected chi connectivity index (χ0v) is 24.3. The molecule has 0 unspecified atom stereocenters. The minimum absolute atomic E-state index is 0.0527. The number of amides is 1. The maximum absolute atomic E-state index is 13.6. The molecule has 0 atom stereocenters. The summed E-state index contributed by atoms with van der Waals surface area (Å²) < 4.78 is 29.5. The van der Waals surface area contributed by atoms with E-state index in [9.17, 15) is 18.0 Å². The van der Waals surface area contributed by atoms with Gasteiger partial charge in [0, 0.05) is 64.2 Å². The summed E-state index contributed by atoms with van der Waals surface area (Å²) in [7, 11) is 4.96. The summed E-state index contributed by atoms with van der Waals surface area (Å²) in [4.78, 5) is 31.3. The molecular formula is C27H37N5O5S. The fourth-order valence-electron chi connectivity index (χ4n) is 4.43. The number of amidine groups is 1. The van der Waals surface area contributed by atoms with Crippen molar-refractivity contribution >= 4 is 39.0 Å². The molecule has 3 rings (SSSR count). The van der Waals surface area contributed by atoms with Crippen LogP contribution in [0.5, 0.6) is 5.75 Å². The number of fused-ring (bicyclic) bond motifs is 1. The third kappa shape index (κ3) is 5.93. The van der Waals surface area contributed by atoms with Crippen LogP contribution in [-0.4, -0.2) is 78.9 Å². The number of carbonyl (C=O) groups is 2. The van der Waals surface area contributed by atoms with Crippen LogP contribution in [0.15, 0.2) is 24.3 Å². The molecule has 0 aromatic heterocycles. The first-order valence-corrected chi connectivity index (χ1v) is 13.9. The standard InChI is InChI=1S/C27H37N5O5S/c1-27(2,3)20-10-16(11-22(31(7)8)24(20)37-38(9,35)36)23(33)15-32-14-17-12-21(30(5)6)19(26(34)29-4)13-18(17)25(32)28/h10-13,28H,14-15H2,1-9H3,(H,29,34). The van der Waals surface area contributed by atoms with E-state index in [1.165, 1.54) is 0 Å². The van der Waals surface area contributed by atoms with E-state index in [2.05, 4.69) is 5.32 Å². The fourth-order valence-corrected chi connectivity index (χ4v) is 4.90. The van der Waals surface area contributed by atoms with Crippen molar-refractivity contribution in [2.45, 2.75) is 32.7 Å². The molecule has 11 heteroatoms. The van der Waals surface area contributed by atoms with Gasteiger partial charge in [0.05, 0.1) is 24.1 Å². The molecule has 1 amide bonds. The molecule has 1 heterocycles. The first-order chi connectivity index (χ1) is 17.4. The monoisotopic (exact) mass is 543 g/mol. The van der Waals surface area contributed by atoms with Gasteiger partial charge in [-0.3, -0.25) is 15.0 Å². The van der Waals surface area contributed by atoms with Crippen molar-refractivity contribution in [2.24, 2.45) is 0 Å². The first-order valence-electron chi connectivity index (χ1n) is 12.1. The topological polar surface area (TPSA) is 123 Å². The molecule has 0 spiro atoms. The average molecular weight is 544 g/mol. The summed E-state index contributed by atoms with van der Waals surface area (Å²) >= 11 is 0. The largest absolute Gasteiger partial charge is 0.380 e. The molecule has 0 saturated carbocycles. The minimum atomic E-state index is -3.81. The summed E-state index contributed by atoms with van der Waals surface area (Å²) in [6.07, 6.45) is 0.992. The van der Waals surface area contributed by atoms with Gasteiger partial charge in [0.25, 0.3) is 5.91 Å². The number of hydrogen-bond donors (Lipinski definition) is 2. The molecule has 10 nitrogen and oxygen atoms in total. The summed E-state index contributed by atoms with van der Waals surface area (Å²) in [5.74, 6) is -0.104. The van der Waals surface area contributed by atoms with Crippen molar-refractivity contribution < 1.29 is 22.2 Å². The van der Waals surface area contributed by atoms with Crippen molar-refractivity contribution in [1.29, 1.82) is 5.41 Å². The lowest BCUT2D eigenvalue weighted by molar-refractivity contribution is 0.0955. The molecule has 2 N–H and O–H groups in total. The van der Waals surface area contributed by atoms with Crippen molar-refractivity contribution in [3.63, 3.8) is 0 Å². The van der Waals surface area contributed by atoms with Crippen LogP contribution in [0.25, 0.3) is 0 Å². The quantitative estimate of drug-likeness (QED) is 0.385. The average Bonchev–Trinajstić information content (AvgIpc) is 3.09. The van der Waals surface area contributed by atoms with Crippen LogP contribution in [0.3, 0.4) is 0 Å². The molecule has 0 bridgehead atoms. The molecule has 1 aliphatic rings. The van der Waals surface area contributed by atoms with Gasteiger partial charge in [0.15, 0.2) is 11.5 Å². The Bertz CT molecular complexity index is 1410. The normalized spacial score (nSPS) is 13.3. The van der Waals surface area contributed by atoms with Crippen molar-refractivity contribution in [2.75, 3.05) is 57.8 Å². The van der Waals surface area contributed by atoms with Gasteiger partial charge >= 0.3 is 10.1 Å². The molecule has 38 heavy (non-hydrogen) atoms. The molecular weight excluding hydrogens is 506 g/mol. The number of hydrogen-bond acceptors (Lipinski definition) is 8. The zero-order valence-electron chi connectivity index (χ0n) is 23.5. The second kappa shape index (κ2) is 10.3. The number of benzene rings is 2. The number of anilines is 2. The first kappa shape index (κ1) is 29.0. The van der Waals surface area contributed by atoms with Crippen LogP contribution in [0.2, 0.25) is 0 Å². The fraction of sp³-hybridized carbons (Fsp3) is 0.444. The zero-order chi connectivity index (χ0) is 28.7. The van der Waals surface area contributed by atoms with Gasteiger partial charge in [0.2, 0.25) is 0 Å². The predicted molar refractivity (Wildman–Crippen MR) is 151 cm³/mol. The molecule has 0 saturated heterocycles. The molecule has 0 fully saturated rings. The van der Waals surface area contributed by atoms with Crippen LogP contribution >= 0.6 is 0 Å². The van der Waals surface area contributed by atoms with E-state index in [-0.39, 0.29) is 29.8 Å². The number of Topliss-reactive ketones (excluding diaryl/α,β-unsaturated/α-hetero) is 1. The van der Waals surface area contributed by atoms with Crippen LogP contribution in [0.4, 0.5) is 11.4 Å². The van der Waals surface area contributed by atoms with Gasteiger partial charge < -0.3 is 24.2 Å². The van der Waals surface area contributed by atoms with Gasteiger partial charge in [-0.05, 0) is 35.2 Å². The summed E-state index contributed by atoms with van der Waals surface area (Å²) in [5, 5.41) is 11.4. The number of rotatable bonds is 8. The Labute approximate surface area is 225 Å². The minimum Gasteiger partial charge on any atom is -0.380 e. The smallest absolute Gasteiger partial charge is 0.306 e. The highest BCUT2D eigenvalue weighted by atomic mass is 32.2. The van der Waals surface area contributed by atoms with Crippen molar-refractivity contribution in [1.82, 2.24) is 10.2 Å². The lowest BCUT2D eigenvalue weighted by Crippen LogP contribution is -2.31. The highest BCUT2D eigenvalue weighted by molar-refractivity contribution is 7.86. The number of carbonyl (C=O) groups excluding carboxylic acids is 2. The van der Waals surface area contributed by atoms with E-state index < -0.39 is 15.5 Å². The Balaban J connectivity index is 2.01. The lowest BCUT2D eigenvalue weighted by atomic mass is 9.84. The summed E-state index contributed by atoms with van der Waals surface area (Å²) in [5.41, 5.74) is 3.60. The molecule has 2 aromatic carbocycles. The Morgan fingerprint density at radius 1 is 1.05 bits per heavy atom. The molecule has 1 aliphatic heterocycles. The third-order valence-corrected chi connectivity index (χ3v) is 6.83. The maximum Gasteiger partial charge on any atom is 0.306 e. The highest BCUT2D eigenvalue weighted by Crippen LogP contribution is 2.40. The molecule has 0 radical (unpaired) electrons. The van der Waals surface area contributed by atoms with Crippen LogP contribution in [0, 0.1) is 5.41 Å². The number of ketones is 1. The Morgan fingerprint density at radius 3 is 2.16 bits per heavy atom. The summed E-state index contributed by atoms with van der Waals surface area (Å²) in [6.45, 7) is 6.07. The number of nitrogens with zero attached hydrogens (tertiary/aromatic N) is 3. The van der Waals surface area contributed by atoms with Crippen LogP contribution < -0.4 is 19.3 Å². The van der Waals surface area contributed by atoms with Gasteiger partial charge in [-0.15, -0.1) is 0 Å². The molecule has 206 valence electrons. The SMILES string of the molecule is CNC(=O)c1cc2c(cc1N(C)C)CN(CC(=O)c1cc(N(C)C)c(OS(C)(=O)=O)c(C(C)(C)C)c1)C2=N. The predicted octanol–water partition coefficient (Wildman–Crippen LogP) is 2.84. The lowest BCUT2D eigenvalue weighted by Gasteiger charge is -2.27. The molecule has 0 aliphatic carbocycles. The summed E-state index contributed by atoms with van der Waals surface area (Å²) in [6, 6.07) is 6.89. The van der Waals surface area contributed by atoms with E-state index in [1.807, 2.05) is 45.8 Å². The van der Waals surface area contributed by atoms with Gasteiger partial charge in [-0.2, -0.15) is 8.42 Å². The van der Waals surface area contributed by atoms with E-state index >= 15 is 0 Å². The van der Waals surface area contributed by atoms with Crippen LogP contribution in [-0.2, 0) is 22.1 Å². The maximum atomic E-state index is 13.6. The van der Waals surface area contributed by atoms with Crippen LogP contribution in [0.1, 0.15) is 58.2 Å². The van der Waals surface area contributed by atoms with E-state index in [0.717, 1.165) is 17.5 Å². The van der Waals surface area contributed by atoms with E-state index in [4.69, 9.17) is 9.59 Å². The Kier molecular flexibility index (Phi) is 7.84. The van der Waals surface area contributed by atoms with Gasteiger partial charge in [-0.1, -0.05) is 20.8 Å². The van der Waals surface area contributed by atoms with Crippen molar-refractivity contribution in [3.8, 4) is 5.75 Å². The van der Waals surface area contributed by atoms with Gasteiger partial charge in [0.1, 0.15) is 5.84 Å². The third-order valence-electron chi connectivity index (χ3n) is 6.36. The Hall–Kier alpha value is -3.60. The van der Waals surface area contributed by atoms with Gasteiger partial charge in [-0.25, -0.2) is 0 Å². The van der Waals surface area contributed by atoms with E-state index in [0.29, 0.717) is 34.5 Å². The second-order valence-electron chi connectivity index (χ2n) is 10.9. The second-order valence-corrected chi connectivity index (χ2v) is 12.5. The van der Waals surface area contributed by atoms with Crippen molar-refractivity contribution in [3.05, 3.63) is 52.1 Å². The van der Waals surface area contributed by atoms with E-state index in [1.54, 1.807) is 49.1 Å². The molecule has 2 aromatic rings. The highest BCUT2D eigenvalue weighted by Gasteiger charge is 2.31. The number of nitrogens with one attached hydrogen (secondary N) is 2. The Morgan fingerprint density at radius 2 is 1.66 bits per heavy atom.